The quantitative estimate of drug-likeness (QED) is 0.873. The minimum absolute atomic E-state index is 0.0631. The highest BCUT2D eigenvalue weighted by Crippen LogP contribution is 2.75. The van der Waals surface area contributed by atoms with Crippen LogP contribution in [-0.4, -0.2) is 19.1 Å². The zero-order valence-corrected chi connectivity index (χ0v) is 12.1. The van der Waals surface area contributed by atoms with Gasteiger partial charge in [0.25, 0.3) is 0 Å². The van der Waals surface area contributed by atoms with E-state index in [1.807, 2.05) is 12.1 Å². The van der Waals surface area contributed by atoms with Gasteiger partial charge in [0.1, 0.15) is 6.04 Å². The molecule has 2 bridgehead atoms. The monoisotopic (exact) mass is 299 g/mol. The van der Waals surface area contributed by atoms with Crippen molar-refractivity contribution in [2.75, 3.05) is 7.11 Å². The molecular weight excluding hydrogens is 285 g/mol. The lowest BCUT2D eigenvalue weighted by Crippen LogP contribution is -2.72. The first-order chi connectivity index (χ1) is 8.94. The number of nitrogens with two attached hydrogens (primary N) is 1. The van der Waals surface area contributed by atoms with Crippen molar-refractivity contribution in [3.63, 3.8) is 0 Å². The first-order valence-corrected chi connectivity index (χ1v) is 6.98. The molecule has 0 saturated heterocycles. The van der Waals surface area contributed by atoms with E-state index in [0.717, 1.165) is 24.8 Å². The molecule has 0 heterocycles. The summed E-state index contributed by atoms with van der Waals surface area (Å²) in [7, 11) is 1.37. The summed E-state index contributed by atoms with van der Waals surface area (Å²) in [6.07, 6.45) is 2.66. The Morgan fingerprint density at radius 1 is 1.37 bits per heavy atom. The van der Waals surface area contributed by atoms with E-state index in [1.54, 1.807) is 6.07 Å². The molecule has 0 spiro atoms. The fourth-order valence-electron chi connectivity index (χ4n) is 3.77. The third kappa shape index (κ3) is 1.65. The molecule has 1 aromatic rings. The summed E-state index contributed by atoms with van der Waals surface area (Å²) < 4.78 is 4.73. The van der Waals surface area contributed by atoms with Crippen molar-refractivity contribution in [1.82, 2.24) is 0 Å². The van der Waals surface area contributed by atoms with E-state index in [1.165, 1.54) is 7.11 Å². The molecule has 1 unspecified atom stereocenters. The standard InChI is InChI=1S/C14H15Cl2NO2/c1-19-12(18)11(17)14-5-13(6-14,7-14)8-3-2-4-9(15)10(8)16/h2-4,11H,5-7,17H2,1H3. The SMILES string of the molecule is COC(=O)C(N)C12CC(c3cccc(Cl)c3Cl)(C1)C2. The van der Waals surface area contributed by atoms with Crippen LogP contribution >= 0.6 is 23.2 Å². The molecule has 4 rings (SSSR count). The Hall–Kier alpha value is -0.770. The molecule has 3 aliphatic rings. The van der Waals surface area contributed by atoms with Crippen molar-refractivity contribution in [2.45, 2.75) is 30.7 Å². The number of hydrogen-bond acceptors (Lipinski definition) is 3. The van der Waals surface area contributed by atoms with Crippen LogP contribution in [-0.2, 0) is 14.9 Å². The van der Waals surface area contributed by atoms with E-state index in [-0.39, 0.29) is 16.8 Å². The predicted octanol–water partition coefficient (Wildman–Crippen LogP) is 2.92. The Labute approximate surface area is 122 Å². The average molecular weight is 300 g/mol. The van der Waals surface area contributed by atoms with Crippen molar-refractivity contribution in [3.8, 4) is 0 Å². The summed E-state index contributed by atoms with van der Waals surface area (Å²) >= 11 is 12.3. The van der Waals surface area contributed by atoms with Gasteiger partial charge in [0.2, 0.25) is 0 Å². The van der Waals surface area contributed by atoms with E-state index in [4.69, 9.17) is 33.7 Å². The van der Waals surface area contributed by atoms with Gasteiger partial charge in [-0.05, 0) is 41.7 Å². The van der Waals surface area contributed by atoms with Gasteiger partial charge in [-0.25, -0.2) is 0 Å². The maximum Gasteiger partial charge on any atom is 0.323 e. The average Bonchev–Trinajstić information content (AvgIpc) is 2.30. The van der Waals surface area contributed by atoms with Crippen LogP contribution in [0.2, 0.25) is 10.0 Å². The number of carbonyl (C=O) groups excluding carboxylic acids is 1. The number of carbonyl (C=O) groups is 1. The molecular formula is C14H15Cl2NO2. The summed E-state index contributed by atoms with van der Waals surface area (Å²) in [4.78, 5) is 11.5. The summed E-state index contributed by atoms with van der Waals surface area (Å²) in [6.45, 7) is 0. The van der Waals surface area contributed by atoms with Crippen LogP contribution in [0, 0.1) is 5.41 Å². The molecule has 19 heavy (non-hydrogen) atoms. The van der Waals surface area contributed by atoms with Crippen LogP contribution in [0.5, 0.6) is 0 Å². The number of rotatable bonds is 3. The third-order valence-electron chi connectivity index (χ3n) is 4.71. The number of ether oxygens (including phenoxy) is 1. The van der Waals surface area contributed by atoms with Gasteiger partial charge in [0, 0.05) is 0 Å². The Morgan fingerprint density at radius 3 is 2.58 bits per heavy atom. The molecule has 0 aliphatic heterocycles. The van der Waals surface area contributed by atoms with Crippen LogP contribution in [0.25, 0.3) is 0 Å². The molecule has 5 heteroatoms. The second-order valence-corrected chi connectivity index (χ2v) is 6.56. The van der Waals surface area contributed by atoms with E-state index in [2.05, 4.69) is 0 Å². The molecule has 2 N–H and O–H groups in total. The second kappa shape index (κ2) is 4.11. The van der Waals surface area contributed by atoms with E-state index >= 15 is 0 Å². The molecule has 0 aromatic heterocycles. The second-order valence-electron chi connectivity index (χ2n) is 5.78. The zero-order valence-electron chi connectivity index (χ0n) is 10.6. The summed E-state index contributed by atoms with van der Waals surface area (Å²) in [6, 6.07) is 5.18. The zero-order chi connectivity index (χ0) is 13.8. The van der Waals surface area contributed by atoms with Crippen LogP contribution in [0.4, 0.5) is 0 Å². The molecule has 102 valence electrons. The number of esters is 1. The third-order valence-corrected chi connectivity index (χ3v) is 5.53. The Morgan fingerprint density at radius 2 is 2.00 bits per heavy atom. The van der Waals surface area contributed by atoms with Gasteiger partial charge in [0.05, 0.1) is 17.2 Å². The highest BCUT2D eigenvalue weighted by molar-refractivity contribution is 6.42. The van der Waals surface area contributed by atoms with Gasteiger partial charge in [-0.1, -0.05) is 35.3 Å². The highest BCUT2D eigenvalue weighted by Gasteiger charge is 2.72. The lowest BCUT2D eigenvalue weighted by Gasteiger charge is -2.72. The van der Waals surface area contributed by atoms with Crippen molar-refractivity contribution in [3.05, 3.63) is 33.8 Å². The normalized spacial score (nSPS) is 33.1. The van der Waals surface area contributed by atoms with Gasteiger partial charge >= 0.3 is 5.97 Å². The maximum absolute atomic E-state index is 11.5. The minimum atomic E-state index is -0.530. The number of halogens is 2. The first-order valence-electron chi connectivity index (χ1n) is 6.22. The summed E-state index contributed by atoms with van der Waals surface area (Å²) in [5, 5.41) is 1.21. The largest absolute Gasteiger partial charge is 0.468 e. The van der Waals surface area contributed by atoms with Crippen LogP contribution in [0.1, 0.15) is 24.8 Å². The van der Waals surface area contributed by atoms with Crippen molar-refractivity contribution in [2.24, 2.45) is 11.1 Å². The van der Waals surface area contributed by atoms with Gasteiger partial charge in [-0.2, -0.15) is 0 Å². The highest BCUT2D eigenvalue weighted by atomic mass is 35.5. The Balaban J connectivity index is 1.80. The molecule has 1 atom stereocenters. The lowest BCUT2D eigenvalue weighted by molar-refractivity contribution is -0.181. The minimum Gasteiger partial charge on any atom is -0.468 e. The van der Waals surface area contributed by atoms with Crippen LogP contribution < -0.4 is 5.73 Å². The lowest BCUT2D eigenvalue weighted by atomic mass is 9.31. The van der Waals surface area contributed by atoms with E-state index < -0.39 is 6.04 Å². The maximum atomic E-state index is 11.5. The molecule has 3 fully saturated rings. The molecule has 0 radical (unpaired) electrons. The van der Waals surface area contributed by atoms with Crippen molar-refractivity contribution in [1.29, 1.82) is 0 Å². The topological polar surface area (TPSA) is 52.3 Å². The van der Waals surface area contributed by atoms with Gasteiger partial charge < -0.3 is 10.5 Å². The van der Waals surface area contributed by atoms with Crippen molar-refractivity contribution >= 4 is 29.2 Å². The number of methoxy groups -OCH3 is 1. The molecule has 1 aromatic carbocycles. The van der Waals surface area contributed by atoms with Gasteiger partial charge in [-0.3, -0.25) is 4.79 Å². The van der Waals surface area contributed by atoms with Crippen LogP contribution in [0.3, 0.4) is 0 Å². The smallest absolute Gasteiger partial charge is 0.323 e. The molecule has 3 saturated carbocycles. The molecule has 3 nitrogen and oxygen atoms in total. The van der Waals surface area contributed by atoms with E-state index in [9.17, 15) is 4.79 Å². The molecule has 0 amide bonds. The first kappa shape index (κ1) is 13.2. The van der Waals surface area contributed by atoms with Gasteiger partial charge in [-0.15, -0.1) is 0 Å². The summed E-state index contributed by atoms with van der Waals surface area (Å²) in [5.74, 6) is -0.328. The fraction of sp³-hybridized carbons (Fsp3) is 0.500. The number of hydrogen-bond donors (Lipinski definition) is 1. The Bertz CT molecular complexity index is 539. The Kier molecular flexibility index (Phi) is 2.86. The predicted molar refractivity (Wildman–Crippen MR) is 74.4 cm³/mol. The summed E-state index contributed by atoms with van der Waals surface area (Å²) in [5.41, 5.74) is 7.03. The van der Waals surface area contributed by atoms with Crippen molar-refractivity contribution < 1.29 is 9.53 Å². The molecule has 3 aliphatic carbocycles. The number of benzene rings is 1. The van der Waals surface area contributed by atoms with Gasteiger partial charge in [0.15, 0.2) is 0 Å². The van der Waals surface area contributed by atoms with E-state index in [0.29, 0.717) is 10.0 Å². The fourth-order valence-corrected chi connectivity index (χ4v) is 4.27. The van der Waals surface area contributed by atoms with Crippen LogP contribution in [0.15, 0.2) is 18.2 Å².